The lowest BCUT2D eigenvalue weighted by Gasteiger charge is -2.29. The first-order chi connectivity index (χ1) is 7.32. The fourth-order valence-electron chi connectivity index (χ4n) is 1.02. The van der Waals surface area contributed by atoms with Crippen LogP contribution in [0.3, 0.4) is 0 Å². The summed E-state index contributed by atoms with van der Waals surface area (Å²) in [7, 11) is 0. The summed E-state index contributed by atoms with van der Waals surface area (Å²) in [6, 6.07) is -1.24. The lowest BCUT2D eigenvalue weighted by atomic mass is 10.2. The van der Waals surface area contributed by atoms with Gasteiger partial charge in [-0.05, 0) is 19.1 Å². The van der Waals surface area contributed by atoms with Gasteiger partial charge in [0.2, 0.25) is 0 Å². The number of hydroxylamine groups is 2. The van der Waals surface area contributed by atoms with Crippen molar-refractivity contribution in [1.82, 2.24) is 5.06 Å². The zero-order valence-electron chi connectivity index (χ0n) is 8.31. The van der Waals surface area contributed by atoms with E-state index >= 15 is 0 Å². The van der Waals surface area contributed by atoms with Crippen molar-refractivity contribution >= 4 is 5.97 Å². The van der Waals surface area contributed by atoms with Gasteiger partial charge in [-0.25, -0.2) is 9.86 Å². The maximum Gasteiger partial charge on any atom is 0.416 e. The smallest absolute Gasteiger partial charge is 0.416 e. The molecule has 90 valence electrons. The average Bonchev–Trinajstić information content (AvgIpc) is 2.16. The largest absolute Gasteiger partial charge is 0.479 e. The highest BCUT2D eigenvalue weighted by atomic mass is 19.4. The van der Waals surface area contributed by atoms with Crippen LogP contribution in [0.2, 0.25) is 0 Å². The number of hydrogen-bond donors (Lipinski definition) is 1. The third-order valence-corrected chi connectivity index (χ3v) is 1.91. The number of alkyl halides is 3. The van der Waals surface area contributed by atoms with Crippen LogP contribution in [-0.4, -0.2) is 34.5 Å². The van der Waals surface area contributed by atoms with Gasteiger partial charge in [0.1, 0.15) is 0 Å². The van der Waals surface area contributed by atoms with Gasteiger partial charge in [-0.2, -0.15) is 13.2 Å². The standard InChI is InChI=1S/C9H10F3NO3/c1-6(9(10,11)12)16-13-5-3-2-4-7(13)8(14)15/h2-7H,1H3,(H,14,15). The fraction of sp³-hybridized carbons (Fsp3) is 0.444. The van der Waals surface area contributed by atoms with Gasteiger partial charge >= 0.3 is 12.1 Å². The average molecular weight is 237 g/mol. The number of halogens is 3. The van der Waals surface area contributed by atoms with E-state index < -0.39 is 24.3 Å². The van der Waals surface area contributed by atoms with E-state index in [0.717, 1.165) is 13.1 Å². The zero-order valence-corrected chi connectivity index (χ0v) is 8.31. The lowest BCUT2D eigenvalue weighted by molar-refractivity contribution is -0.284. The highest BCUT2D eigenvalue weighted by Crippen LogP contribution is 2.24. The quantitative estimate of drug-likeness (QED) is 0.811. The van der Waals surface area contributed by atoms with Crippen LogP contribution in [0, 0.1) is 0 Å². The molecule has 0 spiro atoms. The van der Waals surface area contributed by atoms with Gasteiger partial charge in [-0.1, -0.05) is 6.08 Å². The first kappa shape index (κ1) is 12.6. The van der Waals surface area contributed by atoms with Gasteiger partial charge in [0.05, 0.1) is 0 Å². The summed E-state index contributed by atoms with van der Waals surface area (Å²) in [4.78, 5) is 15.2. The van der Waals surface area contributed by atoms with Crippen LogP contribution in [0.4, 0.5) is 13.2 Å². The highest BCUT2D eigenvalue weighted by Gasteiger charge is 2.40. The highest BCUT2D eigenvalue weighted by molar-refractivity contribution is 5.76. The van der Waals surface area contributed by atoms with Crippen molar-refractivity contribution in [2.75, 3.05) is 0 Å². The second-order valence-corrected chi connectivity index (χ2v) is 3.16. The van der Waals surface area contributed by atoms with Crippen molar-refractivity contribution in [3.05, 3.63) is 24.4 Å². The van der Waals surface area contributed by atoms with Gasteiger partial charge < -0.3 is 5.11 Å². The van der Waals surface area contributed by atoms with Gasteiger partial charge in [0.15, 0.2) is 12.1 Å². The molecular weight excluding hydrogens is 227 g/mol. The Balaban J connectivity index is 2.69. The molecule has 0 aliphatic carbocycles. The van der Waals surface area contributed by atoms with Crippen molar-refractivity contribution in [3.8, 4) is 0 Å². The minimum atomic E-state index is -4.53. The zero-order chi connectivity index (χ0) is 12.3. The second kappa shape index (κ2) is 4.56. The van der Waals surface area contributed by atoms with Crippen molar-refractivity contribution < 1.29 is 27.9 Å². The molecule has 4 nitrogen and oxygen atoms in total. The topological polar surface area (TPSA) is 49.8 Å². The summed E-state index contributed by atoms with van der Waals surface area (Å²) in [5.41, 5.74) is 0. The first-order valence-electron chi connectivity index (χ1n) is 4.42. The van der Waals surface area contributed by atoms with Gasteiger partial charge in [-0.15, -0.1) is 0 Å². The summed E-state index contributed by atoms with van der Waals surface area (Å²) in [5, 5.41) is 9.40. The Bertz CT molecular complexity index is 324. The molecule has 1 aliphatic rings. The first-order valence-corrected chi connectivity index (χ1v) is 4.42. The maximum absolute atomic E-state index is 12.2. The van der Waals surface area contributed by atoms with E-state index in [4.69, 9.17) is 5.11 Å². The number of carboxylic acid groups (broad SMARTS) is 1. The summed E-state index contributed by atoms with van der Waals surface area (Å²) in [5.74, 6) is -1.28. The number of aliphatic carboxylic acids is 1. The van der Waals surface area contributed by atoms with Crippen LogP contribution in [-0.2, 0) is 9.63 Å². The van der Waals surface area contributed by atoms with E-state index in [1.165, 1.54) is 18.2 Å². The Hall–Kier alpha value is -1.50. The Labute approximate surface area is 89.6 Å². The van der Waals surface area contributed by atoms with E-state index in [1.807, 2.05) is 0 Å². The SMILES string of the molecule is CC(ON1C=CC=CC1C(=O)O)C(F)(F)F. The lowest BCUT2D eigenvalue weighted by Crippen LogP contribution is -2.42. The summed E-state index contributed by atoms with van der Waals surface area (Å²) in [6.45, 7) is 0.811. The summed E-state index contributed by atoms with van der Waals surface area (Å²) >= 11 is 0. The number of nitrogens with zero attached hydrogens (tertiary/aromatic N) is 1. The molecule has 1 heterocycles. The van der Waals surface area contributed by atoms with Crippen LogP contribution < -0.4 is 0 Å². The molecule has 2 unspecified atom stereocenters. The number of allylic oxidation sites excluding steroid dienone is 2. The normalized spacial score (nSPS) is 22.2. The molecule has 1 N–H and O–H groups in total. The molecule has 0 saturated carbocycles. The molecule has 1 rings (SSSR count). The summed E-state index contributed by atoms with van der Waals surface area (Å²) in [6.07, 6.45) is -1.41. The molecule has 0 bridgehead atoms. The molecule has 0 aromatic rings. The number of carbonyl (C=O) groups is 1. The number of carboxylic acids is 1. The predicted octanol–water partition coefficient (Wildman–Crippen LogP) is 1.71. The van der Waals surface area contributed by atoms with E-state index in [1.54, 1.807) is 0 Å². The van der Waals surface area contributed by atoms with Gasteiger partial charge in [-0.3, -0.25) is 4.84 Å². The third kappa shape index (κ3) is 2.99. The van der Waals surface area contributed by atoms with Crippen LogP contribution in [0.15, 0.2) is 24.4 Å². The Morgan fingerprint density at radius 1 is 1.50 bits per heavy atom. The Morgan fingerprint density at radius 2 is 2.12 bits per heavy atom. The molecule has 0 fully saturated rings. The van der Waals surface area contributed by atoms with Gasteiger partial charge in [0.25, 0.3) is 0 Å². The van der Waals surface area contributed by atoms with E-state index in [2.05, 4.69) is 4.84 Å². The Kier molecular flexibility index (Phi) is 3.58. The summed E-state index contributed by atoms with van der Waals surface area (Å²) < 4.78 is 36.6. The Morgan fingerprint density at radius 3 is 2.62 bits per heavy atom. The molecule has 0 aromatic heterocycles. The van der Waals surface area contributed by atoms with Crippen LogP contribution in [0.1, 0.15) is 6.92 Å². The number of hydrogen-bond acceptors (Lipinski definition) is 3. The van der Waals surface area contributed by atoms with Crippen molar-refractivity contribution in [2.24, 2.45) is 0 Å². The van der Waals surface area contributed by atoms with Crippen molar-refractivity contribution in [2.45, 2.75) is 25.2 Å². The molecule has 7 heteroatoms. The van der Waals surface area contributed by atoms with E-state index in [-0.39, 0.29) is 0 Å². The molecule has 16 heavy (non-hydrogen) atoms. The molecule has 0 aromatic carbocycles. The van der Waals surface area contributed by atoms with E-state index in [0.29, 0.717) is 5.06 Å². The monoisotopic (exact) mass is 237 g/mol. The minimum absolute atomic E-state index is 0.667. The molecule has 1 aliphatic heterocycles. The second-order valence-electron chi connectivity index (χ2n) is 3.16. The van der Waals surface area contributed by atoms with Crippen LogP contribution in [0.25, 0.3) is 0 Å². The van der Waals surface area contributed by atoms with Crippen LogP contribution in [0.5, 0.6) is 0 Å². The molecule has 2 atom stereocenters. The molecule has 0 saturated heterocycles. The van der Waals surface area contributed by atoms with Gasteiger partial charge in [0, 0.05) is 6.20 Å². The van der Waals surface area contributed by atoms with Crippen molar-refractivity contribution in [1.29, 1.82) is 0 Å². The molecule has 0 amide bonds. The maximum atomic E-state index is 12.2. The van der Waals surface area contributed by atoms with Crippen LogP contribution >= 0.6 is 0 Å². The fourth-order valence-corrected chi connectivity index (χ4v) is 1.02. The number of rotatable bonds is 3. The minimum Gasteiger partial charge on any atom is -0.479 e. The molecule has 0 radical (unpaired) electrons. The third-order valence-electron chi connectivity index (χ3n) is 1.91. The van der Waals surface area contributed by atoms with Crippen molar-refractivity contribution in [3.63, 3.8) is 0 Å². The predicted molar refractivity (Wildman–Crippen MR) is 48.1 cm³/mol. The molecular formula is C9H10F3NO3. The van der Waals surface area contributed by atoms with E-state index in [9.17, 15) is 18.0 Å².